The first kappa shape index (κ1) is 31.1. The lowest BCUT2D eigenvalue weighted by molar-refractivity contribution is -0.145. The average Bonchev–Trinajstić information content (AvgIpc) is 3.28. The highest BCUT2D eigenvalue weighted by molar-refractivity contribution is 7.13. The maximum absolute atomic E-state index is 14.5. The first-order valence-electron chi connectivity index (χ1n) is 14.3. The predicted octanol–water partition coefficient (Wildman–Crippen LogP) is 4.71. The smallest absolute Gasteiger partial charge is 0.258 e. The van der Waals surface area contributed by atoms with E-state index >= 15 is 0 Å². The van der Waals surface area contributed by atoms with Crippen LogP contribution in [-0.4, -0.2) is 63.1 Å². The molecule has 8 nitrogen and oxygen atoms in total. The van der Waals surface area contributed by atoms with Gasteiger partial charge in [0.25, 0.3) is 5.91 Å². The van der Waals surface area contributed by atoms with Gasteiger partial charge in [-0.25, -0.2) is 9.37 Å². The summed E-state index contributed by atoms with van der Waals surface area (Å²) >= 11 is 1.58. The van der Waals surface area contributed by atoms with Crippen molar-refractivity contribution in [2.24, 2.45) is 10.8 Å². The number of thiazole rings is 1. The molecule has 1 saturated carbocycles. The number of amides is 3. The highest BCUT2D eigenvalue weighted by Gasteiger charge is 2.53. The number of likely N-dealkylation sites (tertiary alicyclic amines) is 1. The molecule has 1 aliphatic heterocycles. The number of hydrogen-bond acceptors (Lipinski definition) is 6. The number of carbonyl (C=O) groups is 3. The molecule has 4 rings (SSSR count). The fourth-order valence-electron chi connectivity index (χ4n) is 5.30. The molecule has 3 N–H and O–H groups in total. The number of halogens is 1. The van der Waals surface area contributed by atoms with E-state index in [0.29, 0.717) is 6.42 Å². The molecule has 1 saturated heterocycles. The van der Waals surface area contributed by atoms with E-state index < -0.39 is 41.1 Å². The van der Waals surface area contributed by atoms with Crippen molar-refractivity contribution >= 4 is 29.1 Å². The maximum atomic E-state index is 14.5. The lowest BCUT2D eigenvalue weighted by atomic mass is 9.84. The summed E-state index contributed by atoms with van der Waals surface area (Å²) in [6.45, 7) is 13.6. The Hall–Kier alpha value is -2.85. The van der Waals surface area contributed by atoms with Crippen LogP contribution in [0, 0.1) is 17.8 Å². The summed E-state index contributed by atoms with van der Waals surface area (Å²) in [5, 5.41) is 16.3. The van der Waals surface area contributed by atoms with Gasteiger partial charge in [0.15, 0.2) is 5.67 Å². The number of aromatic nitrogens is 1. The van der Waals surface area contributed by atoms with E-state index in [1.54, 1.807) is 32.1 Å². The molecule has 4 atom stereocenters. The quantitative estimate of drug-likeness (QED) is 0.415. The van der Waals surface area contributed by atoms with Gasteiger partial charge in [-0.15, -0.1) is 11.3 Å². The number of aliphatic hydroxyl groups is 1. The number of alkyl halides is 1. The molecule has 2 heterocycles. The van der Waals surface area contributed by atoms with Gasteiger partial charge in [0, 0.05) is 13.0 Å². The molecule has 0 unspecified atom stereocenters. The molecule has 1 aromatic carbocycles. The zero-order valence-electron chi connectivity index (χ0n) is 25.1. The van der Waals surface area contributed by atoms with Gasteiger partial charge >= 0.3 is 0 Å². The van der Waals surface area contributed by atoms with E-state index in [-0.39, 0.29) is 43.2 Å². The van der Waals surface area contributed by atoms with Gasteiger partial charge in [0.1, 0.15) is 12.1 Å². The fourth-order valence-corrected chi connectivity index (χ4v) is 6.11. The first-order chi connectivity index (χ1) is 19.0. The number of rotatable bonds is 8. The summed E-state index contributed by atoms with van der Waals surface area (Å²) in [5.74, 6) is -1.66. The minimum Gasteiger partial charge on any atom is -0.391 e. The van der Waals surface area contributed by atoms with Gasteiger partial charge in [0.2, 0.25) is 11.8 Å². The number of nitrogens with zero attached hydrogens (tertiary/aromatic N) is 2. The monoisotopic (exact) mass is 586 g/mol. The van der Waals surface area contributed by atoms with Crippen molar-refractivity contribution in [2.75, 3.05) is 6.54 Å². The van der Waals surface area contributed by atoms with E-state index in [9.17, 15) is 23.9 Å². The number of carbonyl (C=O) groups excluding carboxylic acids is 3. The number of aryl methyl sites for hydroxylation is 1. The van der Waals surface area contributed by atoms with Crippen molar-refractivity contribution in [3.8, 4) is 10.4 Å². The Bertz CT molecular complexity index is 1280. The number of nitrogens with one attached hydrogen (secondary N) is 2. The molecule has 1 aliphatic carbocycles. The fraction of sp³-hybridized carbons (Fsp3) is 0.613. The Morgan fingerprint density at radius 2 is 1.76 bits per heavy atom. The Morgan fingerprint density at radius 1 is 1.12 bits per heavy atom. The molecule has 10 heteroatoms. The maximum Gasteiger partial charge on any atom is 0.258 e. The normalized spacial score (nSPS) is 21.7. The Morgan fingerprint density at radius 3 is 2.27 bits per heavy atom. The second-order valence-corrected chi connectivity index (χ2v) is 14.7. The van der Waals surface area contributed by atoms with Gasteiger partial charge in [-0.2, -0.15) is 0 Å². The standard InChI is InChI=1S/C31H43FN4O4S/c1-18-24(41-17-33-18)20-10-8-19(9-11-20)22(15-29(2,3)4)34-26(38)23-14-21(37)16-36(23)27(39)25(30(5,6)7)35-28(40)31(32)12-13-31/h8-11,17,21-23,25,37H,12-16H2,1-7H3,(H,34,38)(H,35,40)/t21-,22+,23+,25-/m1/s1. The van der Waals surface area contributed by atoms with Crippen LogP contribution in [0.1, 0.15) is 84.5 Å². The van der Waals surface area contributed by atoms with Crippen LogP contribution in [0.3, 0.4) is 0 Å². The molecule has 0 bridgehead atoms. The van der Waals surface area contributed by atoms with Crippen molar-refractivity contribution in [3.05, 3.63) is 41.0 Å². The van der Waals surface area contributed by atoms with Crippen LogP contribution in [0.25, 0.3) is 10.4 Å². The van der Waals surface area contributed by atoms with Gasteiger partial charge in [-0.05, 0) is 48.1 Å². The van der Waals surface area contributed by atoms with Crippen LogP contribution < -0.4 is 10.6 Å². The van der Waals surface area contributed by atoms with Crippen molar-refractivity contribution in [2.45, 2.75) is 104 Å². The van der Waals surface area contributed by atoms with Crippen LogP contribution in [0.2, 0.25) is 0 Å². The molecular formula is C31H43FN4O4S. The minimum absolute atomic E-state index is 0.0347. The zero-order valence-corrected chi connectivity index (χ0v) is 25.9. The molecule has 2 aromatic rings. The van der Waals surface area contributed by atoms with Crippen LogP contribution in [0.5, 0.6) is 0 Å². The summed E-state index contributed by atoms with van der Waals surface area (Å²) < 4.78 is 14.5. The molecule has 3 amide bonds. The summed E-state index contributed by atoms with van der Waals surface area (Å²) in [6.07, 6.45) is 0.126. The highest BCUT2D eigenvalue weighted by atomic mass is 32.1. The topological polar surface area (TPSA) is 112 Å². The van der Waals surface area contributed by atoms with Crippen molar-refractivity contribution < 1.29 is 23.9 Å². The molecule has 0 spiro atoms. The van der Waals surface area contributed by atoms with Gasteiger partial charge in [-0.3, -0.25) is 14.4 Å². The van der Waals surface area contributed by atoms with Crippen molar-refractivity contribution in [1.82, 2.24) is 20.5 Å². The van der Waals surface area contributed by atoms with Crippen LogP contribution in [-0.2, 0) is 14.4 Å². The molecular weight excluding hydrogens is 543 g/mol. The third-order valence-electron chi connectivity index (χ3n) is 7.80. The number of benzene rings is 1. The Labute approximate surface area is 246 Å². The van der Waals surface area contributed by atoms with Crippen LogP contribution >= 0.6 is 11.3 Å². The molecule has 0 radical (unpaired) electrons. The van der Waals surface area contributed by atoms with Crippen LogP contribution in [0.15, 0.2) is 29.8 Å². The Kier molecular flexibility index (Phi) is 8.67. The molecule has 1 aromatic heterocycles. The largest absolute Gasteiger partial charge is 0.391 e. The van der Waals surface area contributed by atoms with Gasteiger partial charge in [0.05, 0.1) is 28.2 Å². The van der Waals surface area contributed by atoms with E-state index in [1.165, 1.54) is 4.90 Å². The SMILES string of the molecule is Cc1ncsc1-c1ccc([C@H](CC(C)(C)C)NC(=O)[C@@H]2C[C@@H](O)CN2C(=O)[C@@H](NC(=O)C2(F)CC2)C(C)(C)C)cc1. The highest BCUT2D eigenvalue weighted by Crippen LogP contribution is 2.40. The van der Waals surface area contributed by atoms with Gasteiger partial charge in [-0.1, -0.05) is 65.8 Å². The van der Waals surface area contributed by atoms with Crippen molar-refractivity contribution in [1.29, 1.82) is 0 Å². The summed E-state index contributed by atoms with van der Waals surface area (Å²) in [6, 6.07) is 5.79. The lowest BCUT2D eigenvalue weighted by Crippen LogP contribution is -2.59. The van der Waals surface area contributed by atoms with E-state index in [0.717, 1.165) is 21.7 Å². The van der Waals surface area contributed by atoms with E-state index in [2.05, 4.69) is 36.4 Å². The second kappa shape index (κ2) is 11.4. The molecule has 224 valence electrons. The summed E-state index contributed by atoms with van der Waals surface area (Å²) in [4.78, 5) is 46.9. The average molecular weight is 587 g/mol. The zero-order chi connectivity index (χ0) is 30.3. The van der Waals surface area contributed by atoms with E-state index in [4.69, 9.17) is 0 Å². The first-order valence-corrected chi connectivity index (χ1v) is 15.2. The van der Waals surface area contributed by atoms with E-state index in [1.807, 2.05) is 36.7 Å². The number of β-amino-alcohol motifs (C(OH)–C–C–N with tert-alkyl or cyclic N) is 1. The third kappa shape index (κ3) is 7.33. The molecule has 2 fully saturated rings. The Balaban J connectivity index is 1.55. The van der Waals surface area contributed by atoms with Crippen LogP contribution in [0.4, 0.5) is 4.39 Å². The predicted molar refractivity (Wildman–Crippen MR) is 158 cm³/mol. The second-order valence-electron chi connectivity index (χ2n) is 13.8. The minimum atomic E-state index is -1.93. The summed E-state index contributed by atoms with van der Waals surface area (Å²) in [5.41, 5.74) is 2.01. The molecule has 2 aliphatic rings. The molecule has 41 heavy (non-hydrogen) atoms. The summed E-state index contributed by atoms with van der Waals surface area (Å²) in [7, 11) is 0. The van der Waals surface area contributed by atoms with Crippen molar-refractivity contribution in [3.63, 3.8) is 0 Å². The number of aliphatic hydroxyl groups excluding tert-OH is 1. The third-order valence-corrected chi connectivity index (χ3v) is 8.78. The lowest BCUT2D eigenvalue weighted by Gasteiger charge is -2.36. The number of hydrogen-bond donors (Lipinski definition) is 3. The van der Waals surface area contributed by atoms with Gasteiger partial charge < -0.3 is 20.6 Å².